The van der Waals surface area contributed by atoms with Gasteiger partial charge in [0.25, 0.3) is 5.91 Å². The third-order valence-electron chi connectivity index (χ3n) is 3.29. The average molecular weight is 289 g/mol. The van der Waals surface area contributed by atoms with Gasteiger partial charge in [-0.05, 0) is 11.6 Å². The second kappa shape index (κ2) is 5.06. The van der Waals surface area contributed by atoms with Crippen molar-refractivity contribution in [1.29, 1.82) is 0 Å². The fourth-order valence-corrected chi connectivity index (χ4v) is 2.38. The number of rotatable bonds is 3. The van der Waals surface area contributed by atoms with Crippen molar-refractivity contribution in [3.05, 3.63) is 58.9 Å². The van der Waals surface area contributed by atoms with Crippen LogP contribution in [0.4, 0.5) is 0 Å². The number of hydrogen-bond acceptors (Lipinski definition) is 2. The number of halogens is 1. The van der Waals surface area contributed by atoms with Crippen LogP contribution >= 0.6 is 11.6 Å². The van der Waals surface area contributed by atoms with Crippen molar-refractivity contribution in [2.45, 2.75) is 6.54 Å². The van der Waals surface area contributed by atoms with Crippen LogP contribution in [-0.4, -0.2) is 10.5 Å². The second-order valence-corrected chi connectivity index (χ2v) is 4.94. The molecule has 0 radical (unpaired) electrons. The Morgan fingerprint density at radius 3 is 2.90 bits per heavy atom. The molecule has 4 nitrogen and oxygen atoms in total. The van der Waals surface area contributed by atoms with E-state index in [0.29, 0.717) is 22.8 Å². The lowest BCUT2D eigenvalue weighted by Gasteiger charge is -2.07. The minimum Gasteiger partial charge on any atom is -0.463 e. The standard InChI is InChI=1S/C15H13ClN2O2/c1-18-12-6-7-20-14(12)8-13(18)15(19)17-9-10-4-2-3-5-11(10)16/h2-8H,9H2,1H3,(H,17,19). The number of amides is 1. The molecule has 20 heavy (non-hydrogen) atoms. The van der Waals surface area contributed by atoms with E-state index in [2.05, 4.69) is 5.32 Å². The highest BCUT2D eigenvalue weighted by molar-refractivity contribution is 6.31. The zero-order chi connectivity index (χ0) is 14.1. The number of carbonyl (C=O) groups is 1. The van der Waals surface area contributed by atoms with Gasteiger partial charge in [0.15, 0.2) is 5.58 Å². The third-order valence-corrected chi connectivity index (χ3v) is 3.66. The number of nitrogens with one attached hydrogen (secondary N) is 1. The van der Waals surface area contributed by atoms with Gasteiger partial charge >= 0.3 is 0 Å². The molecule has 0 spiro atoms. The molecule has 0 atom stereocenters. The summed E-state index contributed by atoms with van der Waals surface area (Å²) in [5.41, 5.74) is 3.05. The summed E-state index contributed by atoms with van der Waals surface area (Å²) in [6, 6.07) is 11.0. The highest BCUT2D eigenvalue weighted by Crippen LogP contribution is 2.20. The summed E-state index contributed by atoms with van der Waals surface area (Å²) in [5.74, 6) is -0.154. The summed E-state index contributed by atoms with van der Waals surface area (Å²) in [5, 5.41) is 3.51. The van der Waals surface area contributed by atoms with Crippen LogP contribution in [0.25, 0.3) is 11.1 Å². The fourth-order valence-electron chi connectivity index (χ4n) is 2.18. The van der Waals surface area contributed by atoms with Gasteiger partial charge in [0.2, 0.25) is 0 Å². The first-order valence-corrected chi connectivity index (χ1v) is 6.59. The molecular weight excluding hydrogens is 276 g/mol. The quantitative estimate of drug-likeness (QED) is 0.803. The fraction of sp³-hybridized carbons (Fsp3) is 0.133. The molecule has 1 N–H and O–H groups in total. The SMILES string of the molecule is Cn1c(C(=O)NCc2ccccc2Cl)cc2occc21. The Hall–Kier alpha value is -2.20. The van der Waals surface area contributed by atoms with Crippen molar-refractivity contribution in [2.24, 2.45) is 7.05 Å². The molecule has 5 heteroatoms. The van der Waals surface area contributed by atoms with Gasteiger partial charge in [-0.1, -0.05) is 29.8 Å². The first-order valence-electron chi connectivity index (χ1n) is 6.21. The average Bonchev–Trinajstić information content (AvgIpc) is 3.01. The Morgan fingerprint density at radius 1 is 1.35 bits per heavy atom. The molecule has 1 aromatic carbocycles. The van der Waals surface area contributed by atoms with E-state index in [-0.39, 0.29) is 5.91 Å². The van der Waals surface area contributed by atoms with E-state index >= 15 is 0 Å². The summed E-state index contributed by atoms with van der Waals surface area (Å²) >= 11 is 6.06. The van der Waals surface area contributed by atoms with E-state index in [1.54, 1.807) is 23.0 Å². The molecule has 0 bridgehead atoms. The minimum absolute atomic E-state index is 0.154. The molecule has 1 amide bonds. The van der Waals surface area contributed by atoms with E-state index in [0.717, 1.165) is 11.1 Å². The summed E-state index contributed by atoms with van der Waals surface area (Å²) in [7, 11) is 1.84. The zero-order valence-electron chi connectivity index (χ0n) is 10.9. The van der Waals surface area contributed by atoms with Crippen molar-refractivity contribution in [1.82, 2.24) is 9.88 Å². The van der Waals surface area contributed by atoms with Gasteiger partial charge in [0.05, 0.1) is 11.8 Å². The molecule has 102 valence electrons. The zero-order valence-corrected chi connectivity index (χ0v) is 11.6. The molecule has 2 heterocycles. The monoisotopic (exact) mass is 288 g/mol. The van der Waals surface area contributed by atoms with Crippen molar-refractivity contribution in [2.75, 3.05) is 0 Å². The van der Waals surface area contributed by atoms with Gasteiger partial charge in [-0.25, -0.2) is 0 Å². The second-order valence-electron chi connectivity index (χ2n) is 4.53. The largest absolute Gasteiger partial charge is 0.463 e. The van der Waals surface area contributed by atoms with E-state index in [9.17, 15) is 4.79 Å². The highest BCUT2D eigenvalue weighted by Gasteiger charge is 2.14. The number of furan rings is 1. The van der Waals surface area contributed by atoms with Gasteiger partial charge < -0.3 is 14.3 Å². The van der Waals surface area contributed by atoms with Crippen LogP contribution in [0.3, 0.4) is 0 Å². The maximum Gasteiger partial charge on any atom is 0.268 e. The number of hydrogen-bond donors (Lipinski definition) is 1. The van der Waals surface area contributed by atoms with Crippen molar-refractivity contribution in [3.8, 4) is 0 Å². The predicted molar refractivity (Wildman–Crippen MR) is 77.8 cm³/mol. The normalized spacial score (nSPS) is 10.9. The van der Waals surface area contributed by atoms with Crippen LogP contribution in [-0.2, 0) is 13.6 Å². The summed E-state index contributed by atoms with van der Waals surface area (Å²) in [4.78, 5) is 12.2. The molecule has 3 aromatic rings. The number of nitrogens with zero attached hydrogens (tertiary/aromatic N) is 1. The molecular formula is C15H13ClN2O2. The van der Waals surface area contributed by atoms with E-state index < -0.39 is 0 Å². The maximum atomic E-state index is 12.2. The Kier molecular flexibility index (Phi) is 3.24. The van der Waals surface area contributed by atoms with Crippen molar-refractivity contribution >= 4 is 28.6 Å². The van der Waals surface area contributed by atoms with Gasteiger partial charge in [0.1, 0.15) is 5.69 Å². The molecule has 0 aliphatic rings. The molecule has 0 saturated carbocycles. The lowest BCUT2D eigenvalue weighted by atomic mass is 10.2. The highest BCUT2D eigenvalue weighted by atomic mass is 35.5. The third kappa shape index (κ3) is 2.18. The minimum atomic E-state index is -0.154. The van der Waals surface area contributed by atoms with Crippen LogP contribution in [0.2, 0.25) is 5.02 Å². The number of carbonyl (C=O) groups excluding carboxylic acids is 1. The lowest BCUT2D eigenvalue weighted by Crippen LogP contribution is -2.24. The summed E-state index contributed by atoms with van der Waals surface area (Å²) in [6.45, 7) is 0.394. The molecule has 2 aromatic heterocycles. The Balaban J connectivity index is 1.78. The topological polar surface area (TPSA) is 47.2 Å². The molecule has 0 fully saturated rings. The van der Waals surface area contributed by atoms with E-state index in [1.807, 2.05) is 31.3 Å². The number of fused-ring (bicyclic) bond motifs is 1. The number of aromatic nitrogens is 1. The summed E-state index contributed by atoms with van der Waals surface area (Å²) in [6.07, 6.45) is 1.61. The Bertz CT molecular complexity index is 773. The predicted octanol–water partition coefficient (Wildman–Crippen LogP) is 3.35. The van der Waals surface area contributed by atoms with Crippen LogP contribution < -0.4 is 5.32 Å². The number of aryl methyl sites for hydroxylation is 1. The smallest absolute Gasteiger partial charge is 0.268 e. The Morgan fingerprint density at radius 2 is 2.15 bits per heavy atom. The van der Waals surface area contributed by atoms with Crippen LogP contribution in [0.5, 0.6) is 0 Å². The molecule has 0 unspecified atom stereocenters. The van der Waals surface area contributed by atoms with Gasteiger partial charge in [0, 0.05) is 30.7 Å². The number of benzene rings is 1. The first-order chi connectivity index (χ1) is 9.66. The molecule has 3 rings (SSSR count). The molecule has 0 aliphatic heterocycles. The van der Waals surface area contributed by atoms with Crippen LogP contribution in [0, 0.1) is 0 Å². The summed E-state index contributed by atoms with van der Waals surface area (Å²) < 4.78 is 7.10. The first kappa shape index (κ1) is 12.8. The molecule has 0 aliphatic carbocycles. The van der Waals surface area contributed by atoms with Crippen LogP contribution in [0.1, 0.15) is 16.1 Å². The molecule has 0 saturated heterocycles. The van der Waals surface area contributed by atoms with E-state index in [4.69, 9.17) is 16.0 Å². The lowest BCUT2D eigenvalue weighted by molar-refractivity contribution is 0.0943. The van der Waals surface area contributed by atoms with Gasteiger partial charge in [-0.2, -0.15) is 0 Å². The van der Waals surface area contributed by atoms with Crippen LogP contribution in [0.15, 0.2) is 47.1 Å². The maximum absolute atomic E-state index is 12.2. The van der Waals surface area contributed by atoms with Crippen molar-refractivity contribution < 1.29 is 9.21 Å². The van der Waals surface area contributed by atoms with Gasteiger partial charge in [-0.3, -0.25) is 4.79 Å². The Labute approximate surface area is 120 Å². The van der Waals surface area contributed by atoms with E-state index in [1.165, 1.54) is 0 Å². The van der Waals surface area contributed by atoms with Gasteiger partial charge in [-0.15, -0.1) is 0 Å². The van der Waals surface area contributed by atoms with Crippen molar-refractivity contribution in [3.63, 3.8) is 0 Å².